The molecule has 4 nitrogen and oxygen atoms in total. The molecule has 2 aliphatic rings. The Labute approximate surface area is 180 Å². The standard InChI is InChI=1S/C26H27N3O.2H2/c1-15-6-5-7-16(2)23(15)18-10-20-21(13-28-24(20)27-12-18)17-8-9-19-22(11-17)26(3,4)14-29-25(19)30;;/h6,8-13H,5,7,14H2,1-4H3,(H,27,28)(H,29,30);2*1H. The molecule has 0 fully saturated rings. The van der Waals surface area contributed by atoms with Gasteiger partial charge in [-0.3, -0.25) is 4.79 Å². The van der Waals surface area contributed by atoms with E-state index in [9.17, 15) is 4.79 Å². The summed E-state index contributed by atoms with van der Waals surface area (Å²) in [4.78, 5) is 20.4. The van der Waals surface area contributed by atoms with E-state index in [1.807, 2.05) is 24.5 Å². The van der Waals surface area contributed by atoms with E-state index in [0.29, 0.717) is 6.54 Å². The molecule has 30 heavy (non-hydrogen) atoms. The first-order chi connectivity index (χ1) is 14.3. The summed E-state index contributed by atoms with van der Waals surface area (Å²) < 4.78 is 0. The molecule has 1 amide bonds. The number of benzene rings is 1. The van der Waals surface area contributed by atoms with Crippen molar-refractivity contribution in [2.45, 2.75) is 46.0 Å². The van der Waals surface area contributed by atoms with Gasteiger partial charge in [-0.05, 0) is 67.2 Å². The topological polar surface area (TPSA) is 57.8 Å². The SMILES string of the molecule is CC1=CCCC(C)=C1c1cnc2[nH]cc(-c3ccc4c(c3)C(C)(C)CNC4=O)c2c1.[HH].[HH]. The molecule has 5 rings (SSSR count). The highest BCUT2D eigenvalue weighted by molar-refractivity contribution is 6.00. The number of amides is 1. The van der Waals surface area contributed by atoms with Gasteiger partial charge in [0.15, 0.2) is 0 Å². The van der Waals surface area contributed by atoms with Gasteiger partial charge in [0.25, 0.3) is 5.91 Å². The summed E-state index contributed by atoms with van der Waals surface area (Å²) in [6.45, 7) is 9.43. The molecule has 4 heteroatoms. The first-order valence-corrected chi connectivity index (χ1v) is 10.6. The molecule has 0 atom stereocenters. The maximum Gasteiger partial charge on any atom is 0.251 e. The fraction of sp³-hybridized carbons (Fsp3) is 0.308. The molecule has 3 aromatic rings. The molecular formula is C26H31N3O. The van der Waals surface area contributed by atoms with Gasteiger partial charge < -0.3 is 10.3 Å². The minimum absolute atomic E-state index is 0. The zero-order valence-electron chi connectivity index (χ0n) is 18.0. The number of pyridine rings is 1. The molecule has 0 bridgehead atoms. The first kappa shape index (κ1) is 18.9. The molecule has 0 saturated heterocycles. The number of H-pyrrole nitrogens is 1. The lowest BCUT2D eigenvalue weighted by molar-refractivity contribution is 0.0930. The number of nitrogens with one attached hydrogen (secondary N) is 2. The monoisotopic (exact) mass is 401 g/mol. The Morgan fingerprint density at radius 3 is 2.73 bits per heavy atom. The molecule has 2 aromatic heterocycles. The minimum Gasteiger partial charge on any atom is -0.351 e. The van der Waals surface area contributed by atoms with Crippen molar-refractivity contribution in [2.75, 3.05) is 6.54 Å². The van der Waals surface area contributed by atoms with Gasteiger partial charge in [-0.2, -0.15) is 0 Å². The molecule has 3 heterocycles. The van der Waals surface area contributed by atoms with Gasteiger partial charge in [0.1, 0.15) is 5.65 Å². The Morgan fingerprint density at radius 2 is 1.93 bits per heavy atom. The fourth-order valence-corrected chi connectivity index (χ4v) is 4.88. The summed E-state index contributed by atoms with van der Waals surface area (Å²) in [6, 6.07) is 8.44. The van der Waals surface area contributed by atoms with Crippen LogP contribution in [0, 0.1) is 0 Å². The van der Waals surface area contributed by atoms with Crippen LogP contribution in [-0.2, 0) is 5.41 Å². The number of hydrogen-bond donors (Lipinski definition) is 2. The molecule has 156 valence electrons. The Balaban J connectivity index is 0.00000144. The van der Waals surface area contributed by atoms with Crippen LogP contribution in [0.5, 0.6) is 0 Å². The van der Waals surface area contributed by atoms with Gasteiger partial charge in [-0.15, -0.1) is 0 Å². The number of carbonyl (C=O) groups excluding carboxylic acids is 1. The molecular weight excluding hydrogens is 370 g/mol. The Morgan fingerprint density at radius 1 is 1.10 bits per heavy atom. The minimum atomic E-state index is -0.0965. The van der Waals surface area contributed by atoms with Gasteiger partial charge >= 0.3 is 0 Å². The van der Waals surface area contributed by atoms with Gasteiger partial charge in [-0.25, -0.2) is 4.98 Å². The van der Waals surface area contributed by atoms with Crippen molar-refractivity contribution in [3.8, 4) is 11.1 Å². The van der Waals surface area contributed by atoms with E-state index in [0.717, 1.165) is 46.1 Å². The third kappa shape index (κ3) is 2.90. The van der Waals surface area contributed by atoms with Crippen LogP contribution in [0.2, 0.25) is 0 Å². The van der Waals surface area contributed by atoms with Crippen LogP contribution >= 0.6 is 0 Å². The second-order valence-corrected chi connectivity index (χ2v) is 9.23. The van der Waals surface area contributed by atoms with E-state index < -0.39 is 0 Å². The van der Waals surface area contributed by atoms with E-state index in [4.69, 9.17) is 4.98 Å². The smallest absolute Gasteiger partial charge is 0.251 e. The number of nitrogens with zero attached hydrogens (tertiary/aromatic N) is 1. The molecule has 2 N–H and O–H groups in total. The van der Waals surface area contributed by atoms with Crippen molar-refractivity contribution in [2.24, 2.45) is 0 Å². The molecule has 0 spiro atoms. The molecule has 1 aliphatic heterocycles. The zero-order valence-corrected chi connectivity index (χ0v) is 18.0. The molecule has 1 aliphatic carbocycles. The average Bonchev–Trinajstić information content (AvgIpc) is 3.14. The van der Waals surface area contributed by atoms with Crippen molar-refractivity contribution in [1.82, 2.24) is 15.3 Å². The number of fused-ring (bicyclic) bond motifs is 2. The lowest BCUT2D eigenvalue weighted by Gasteiger charge is -2.32. The van der Waals surface area contributed by atoms with Gasteiger partial charge in [-0.1, -0.05) is 31.6 Å². The van der Waals surface area contributed by atoms with E-state index in [2.05, 4.69) is 56.2 Å². The number of aromatic nitrogens is 2. The van der Waals surface area contributed by atoms with Crippen molar-refractivity contribution >= 4 is 22.5 Å². The lowest BCUT2D eigenvalue weighted by Crippen LogP contribution is -2.43. The summed E-state index contributed by atoms with van der Waals surface area (Å²) in [7, 11) is 0. The van der Waals surface area contributed by atoms with E-state index in [1.165, 1.54) is 22.3 Å². The summed E-state index contributed by atoms with van der Waals surface area (Å²) in [5.41, 5.74) is 10.2. The van der Waals surface area contributed by atoms with Gasteiger partial charge in [0.2, 0.25) is 0 Å². The highest BCUT2D eigenvalue weighted by Crippen LogP contribution is 2.38. The third-order valence-corrected chi connectivity index (χ3v) is 6.61. The van der Waals surface area contributed by atoms with Crippen molar-refractivity contribution in [3.05, 3.63) is 70.6 Å². The summed E-state index contributed by atoms with van der Waals surface area (Å²) in [6.07, 6.45) is 8.55. The van der Waals surface area contributed by atoms with Crippen LogP contribution in [0.25, 0.3) is 27.7 Å². The predicted octanol–water partition coefficient (Wildman–Crippen LogP) is 6.26. The quantitative estimate of drug-likeness (QED) is 0.533. The van der Waals surface area contributed by atoms with Crippen LogP contribution in [0.3, 0.4) is 0 Å². The van der Waals surface area contributed by atoms with Crippen molar-refractivity contribution in [3.63, 3.8) is 0 Å². The number of hydrogen-bond acceptors (Lipinski definition) is 2. The predicted molar refractivity (Wildman–Crippen MR) is 127 cm³/mol. The number of carbonyl (C=O) groups is 1. The van der Waals surface area contributed by atoms with Crippen LogP contribution < -0.4 is 5.32 Å². The molecule has 0 unspecified atom stereocenters. The molecule has 1 aromatic carbocycles. The van der Waals surface area contributed by atoms with Crippen LogP contribution in [0.1, 0.15) is 64.9 Å². The molecule has 0 saturated carbocycles. The Hall–Kier alpha value is -3.14. The maximum atomic E-state index is 12.3. The second kappa shape index (κ2) is 6.69. The fourth-order valence-electron chi connectivity index (χ4n) is 4.88. The Kier molecular flexibility index (Phi) is 4.21. The summed E-state index contributed by atoms with van der Waals surface area (Å²) in [5.74, 6) is 0.0146. The highest BCUT2D eigenvalue weighted by atomic mass is 16.1. The normalized spacial score (nSPS) is 18.3. The zero-order chi connectivity index (χ0) is 21.0. The van der Waals surface area contributed by atoms with Gasteiger partial charge in [0, 0.05) is 49.3 Å². The number of rotatable bonds is 2. The summed E-state index contributed by atoms with van der Waals surface area (Å²) in [5, 5.41) is 4.11. The summed E-state index contributed by atoms with van der Waals surface area (Å²) >= 11 is 0. The average molecular weight is 402 g/mol. The van der Waals surface area contributed by atoms with E-state index in [1.54, 1.807) is 0 Å². The van der Waals surface area contributed by atoms with Crippen LogP contribution in [0.4, 0.5) is 0 Å². The van der Waals surface area contributed by atoms with Crippen LogP contribution in [-0.4, -0.2) is 22.4 Å². The molecule has 0 radical (unpaired) electrons. The lowest BCUT2D eigenvalue weighted by atomic mass is 9.78. The third-order valence-electron chi connectivity index (χ3n) is 6.61. The first-order valence-electron chi connectivity index (χ1n) is 10.6. The number of aromatic amines is 1. The van der Waals surface area contributed by atoms with Crippen LogP contribution in [0.15, 0.2) is 53.9 Å². The Bertz CT molecular complexity index is 1270. The van der Waals surface area contributed by atoms with E-state index >= 15 is 0 Å². The number of allylic oxidation sites excluding steroid dienone is 4. The second-order valence-electron chi connectivity index (χ2n) is 9.23. The van der Waals surface area contributed by atoms with Crippen molar-refractivity contribution in [1.29, 1.82) is 0 Å². The maximum absolute atomic E-state index is 12.3. The van der Waals surface area contributed by atoms with Gasteiger partial charge in [0.05, 0.1) is 0 Å². The highest BCUT2D eigenvalue weighted by Gasteiger charge is 2.31. The largest absolute Gasteiger partial charge is 0.351 e. The van der Waals surface area contributed by atoms with Crippen molar-refractivity contribution < 1.29 is 7.65 Å². The van der Waals surface area contributed by atoms with E-state index in [-0.39, 0.29) is 14.2 Å².